The van der Waals surface area contributed by atoms with Gasteiger partial charge in [-0.15, -0.1) is 0 Å². The molecule has 4 nitrogen and oxygen atoms in total. The fourth-order valence-corrected chi connectivity index (χ4v) is 1.01. The molecule has 1 rings (SSSR count). The second-order valence-corrected chi connectivity index (χ2v) is 3.61. The summed E-state index contributed by atoms with van der Waals surface area (Å²) in [6.45, 7) is 1.87. The van der Waals surface area contributed by atoms with Crippen molar-refractivity contribution in [2.45, 2.75) is 18.6 Å². The maximum absolute atomic E-state index is 11.2. The van der Waals surface area contributed by atoms with Crippen molar-refractivity contribution in [3.63, 3.8) is 0 Å². The molecule has 0 saturated heterocycles. The van der Waals surface area contributed by atoms with Crippen LogP contribution in [0.2, 0.25) is 0 Å². The lowest BCUT2D eigenvalue weighted by molar-refractivity contribution is -0.116. The molecular formula is C8H11N3OS. The predicted octanol–water partition coefficient (Wildman–Crippen LogP) is 1.12. The van der Waals surface area contributed by atoms with E-state index in [0.29, 0.717) is 12.1 Å². The molecule has 0 saturated carbocycles. The zero-order valence-corrected chi connectivity index (χ0v) is 8.16. The largest absolute Gasteiger partial charge is 0.323 e. The average molecular weight is 197 g/mol. The van der Waals surface area contributed by atoms with Gasteiger partial charge < -0.3 is 5.32 Å². The van der Waals surface area contributed by atoms with E-state index < -0.39 is 0 Å². The maximum Gasteiger partial charge on any atom is 0.225 e. The first kappa shape index (κ1) is 9.98. The Hall–Kier alpha value is -1.10. The molecule has 5 heteroatoms. The zero-order chi connectivity index (χ0) is 9.68. The first-order valence-electron chi connectivity index (χ1n) is 3.91. The van der Waals surface area contributed by atoms with Gasteiger partial charge in [0, 0.05) is 11.7 Å². The van der Waals surface area contributed by atoms with Crippen molar-refractivity contribution in [3.8, 4) is 0 Å². The highest BCUT2D eigenvalue weighted by Crippen LogP contribution is 2.04. The predicted molar refractivity (Wildman–Crippen MR) is 53.7 cm³/mol. The van der Waals surface area contributed by atoms with Gasteiger partial charge in [0.05, 0.1) is 18.1 Å². The summed E-state index contributed by atoms with van der Waals surface area (Å²) in [6.07, 6.45) is 4.90. The molecule has 1 amide bonds. The number of hydrogen-bond donors (Lipinski definition) is 2. The van der Waals surface area contributed by atoms with E-state index >= 15 is 0 Å². The van der Waals surface area contributed by atoms with Crippen molar-refractivity contribution in [1.82, 2.24) is 9.97 Å². The summed E-state index contributed by atoms with van der Waals surface area (Å²) >= 11 is 4.11. The van der Waals surface area contributed by atoms with Crippen LogP contribution in [0.25, 0.3) is 0 Å². The SMILES string of the molecule is CC(S)CC(=O)Nc1cncnc1. The van der Waals surface area contributed by atoms with Crippen molar-refractivity contribution < 1.29 is 4.79 Å². The van der Waals surface area contributed by atoms with Crippen molar-refractivity contribution in [1.29, 1.82) is 0 Å². The quantitative estimate of drug-likeness (QED) is 0.714. The van der Waals surface area contributed by atoms with Crippen LogP contribution in [0.3, 0.4) is 0 Å². The van der Waals surface area contributed by atoms with Crippen molar-refractivity contribution in [2.75, 3.05) is 5.32 Å². The van der Waals surface area contributed by atoms with Gasteiger partial charge in [-0.05, 0) is 0 Å². The lowest BCUT2D eigenvalue weighted by Crippen LogP contribution is -2.15. The van der Waals surface area contributed by atoms with E-state index in [2.05, 4.69) is 27.9 Å². The van der Waals surface area contributed by atoms with E-state index in [-0.39, 0.29) is 11.2 Å². The van der Waals surface area contributed by atoms with E-state index in [1.54, 1.807) is 12.4 Å². The van der Waals surface area contributed by atoms with Crippen molar-refractivity contribution in [2.24, 2.45) is 0 Å². The fraction of sp³-hybridized carbons (Fsp3) is 0.375. The third-order valence-corrected chi connectivity index (χ3v) is 1.51. The molecule has 13 heavy (non-hydrogen) atoms. The summed E-state index contributed by atoms with van der Waals surface area (Å²) in [5.74, 6) is -0.0719. The lowest BCUT2D eigenvalue weighted by Gasteiger charge is -2.04. The molecule has 1 aromatic heterocycles. The molecule has 0 bridgehead atoms. The van der Waals surface area contributed by atoms with Crippen LogP contribution in [0.15, 0.2) is 18.7 Å². The van der Waals surface area contributed by atoms with E-state index in [1.165, 1.54) is 6.33 Å². The van der Waals surface area contributed by atoms with Gasteiger partial charge in [-0.3, -0.25) is 4.79 Å². The van der Waals surface area contributed by atoms with Crippen LogP contribution in [0, 0.1) is 0 Å². The normalized spacial score (nSPS) is 12.2. The Bertz CT molecular complexity index is 276. The Morgan fingerprint density at radius 1 is 1.62 bits per heavy atom. The van der Waals surface area contributed by atoms with Gasteiger partial charge in [-0.25, -0.2) is 9.97 Å². The third kappa shape index (κ3) is 3.89. The topological polar surface area (TPSA) is 54.9 Å². The minimum Gasteiger partial charge on any atom is -0.323 e. The summed E-state index contributed by atoms with van der Waals surface area (Å²) in [6, 6.07) is 0. The molecule has 0 aliphatic heterocycles. The number of carbonyl (C=O) groups excluding carboxylic acids is 1. The summed E-state index contributed by atoms with van der Waals surface area (Å²) in [5, 5.41) is 2.72. The molecule has 70 valence electrons. The highest BCUT2D eigenvalue weighted by atomic mass is 32.1. The molecule has 0 fully saturated rings. The first-order valence-corrected chi connectivity index (χ1v) is 4.43. The van der Waals surface area contributed by atoms with Crippen LogP contribution in [0.4, 0.5) is 5.69 Å². The molecule has 0 radical (unpaired) electrons. The lowest BCUT2D eigenvalue weighted by atomic mass is 10.3. The van der Waals surface area contributed by atoms with Gasteiger partial charge in [0.25, 0.3) is 0 Å². The second kappa shape index (κ2) is 4.81. The number of aromatic nitrogens is 2. The summed E-state index contributed by atoms with van der Waals surface area (Å²) < 4.78 is 0. The van der Waals surface area contributed by atoms with Crippen LogP contribution < -0.4 is 5.32 Å². The van der Waals surface area contributed by atoms with Gasteiger partial charge in [0.2, 0.25) is 5.91 Å². The van der Waals surface area contributed by atoms with E-state index in [9.17, 15) is 4.79 Å². The Balaban J connectivity index is 2.46. The molecule has 0 aliphatic carbocycles. The molecule has 0 aliphatic rings. The number of nitrogens with one attached hydrogen (secondary N) is 1. The molecule has 0 aromatic carbocycles. The third-order valence-electron chi connectivity index (χ3n) is 1.33. The molecule has 1 atom stereocenters. The molecule has 1 N–H and O–H groups in total. The summed E-state index contributed by atoms with van der Waals surface area (Å²) in [5.41, 5.74) is 0.612. The standard InChI is InChI=1S/C8H11N3OS/c1-6(13)2-8(12)11-7-3-9-5-10-4-7/h3-6,13H,2H2,1H3,(H,11,12). The Morgan fingerprint density at radius 3 is 2.77 bits per heavy atom. The molecular weight excluding hydrogens is 186 g/mol. The average Bonchev–Trinajstić information content (AvgIpc) is 2.04. The van der Waals surface area contributed by atoms with Crippen LogP contribution in [-0.4, -0.2) is 21.1 Å². The molecule has 1 heterocycles. The van der Waals surface area contributed by atoms with Crippen LogP contribution >= 0.6 is 12.6 Å². The minimum atomic E-state index is -0.0719. The van der Waals surface area contributed by atoms with Crippen LogP contribution in [0.5, 0.6) is 0 Å². The Kier molecular flexibility index (Phi) is 3.70. The number of nitrogens with zero attached hydrogens (tertiary/aromatic N) is 2. The van der Waals surface area contributed by atoms with Gasteiger partial charge in [0.15, 0.2) is 0 Å². The zero-order valence-electron chi connectivity index (χ0n) is 7.27. The van der Waals surface area contributed by atoms with E-state index in [1.807, 2.05) is 6.92 Å². The molecule has 0 spiro atoms. The van der Waals surface area contributed by atoms with Gasteiger partial charge >= 0.3 is 0 Å². The van der Waals surface area contributed by atoms with Crippen LogP contribution in [-0.2, 0) is 4.79 Å². The molecule has 1 unspecified atom stereocenters. The Labute approximate surface area is 82.2 Å². The summed E-state index contributed by atoms with van der Waals surface area (Å²) in [7, 11) is 0. The van der Waals surface area contributed by atoms with Crippen molar-refractivity contribution >= 4 is 24.2 Å². The van der Waals surface area contributed by atoms with E-state index in [0.717, 1.165) is 0 Å². The number of carbonyl (C=O) groups is 1. The number of hydrogen-bond acceptors (Lipinski definition) is 4. The second-order valence-electron chi connectivity index (χ2n) is 2.73. The maximum atomic E-state index is 11.2. The van der Waals surface area contributed by atoms with E-state index in [4.69, 9.17) is 0 Å². The highest BCUT2D eigenvalue weighted by Gasteiger charge is 2.05. The van der Waals surface area contributed by atoms with Crippen LogP contribution in [0.1, 0.15) is 13.3 Å². The van der Waals surface area contributed by atoms with Gasteiger partial charge in [0.1, 0.15) is 6.33 Å². The minimum absolute atomic E-state index is 0.0598. The fourth-order valence-electron chi connectivity index (χ4n) is 0.844. The number of anilines is 1. The van der Waals surface area contributed by atoms with Gasteiger partial charge in [-0.1, -0.05) is 6.92 Å². The summed E-state index contributed by atoms with van der Waals surface area (Å²) in [4.78, 5) is 18.8. The first-order chi connectivity index (χ1) is 6.18. The molecule has 1 aromatic rings. The smallest absolute Gasteiger partial charge is 0.225 e. The number of amides is 1. The number of thiol groups is 1. The highest BCUT2D eigenvalue weighted by molar-refractivity contribution is 7.80. The number of rotatable bonds is 3. The Morgan fingerprint density at radius 2 is 2.23 bits per heavy atom. The van der Waals surface area contributed by atoms with Crippen molar-refractivity contribution in [3.05, 3.63) is 18.7 Å². The van der Waals surface area contributed by atoms with Gasteiger partial charge in [-0.2, -0.15) is 12.6 Å². The monoisotopic (exact) mass is 197 g/mol.